The third kappa shape index (κ3) is 6.76. The van der Waals surface area contributed by atoms with Crippen LogP contribution in [0.1, 0.15) is 44.6 Å². The third-order valence-electron chi connectivity index (χ3n) is 6.84. The van der Waals surface area contributed by atoms with Gasteiger partial charge in [-0.05, 0) is 48.7 Å². The lowest BCUT2D eigenvalue weighted by molar-refractivity contribution is -0.483. The van der Waals surface area contributed by atoms with E-state index in [1.54, 1.807) is 12.2 Å². The summed E-state index contributed by atoms with van der Waals surface area (Å²) in [6, 6.07) is 8.43. The molecule has 1 heterocycles. The largest absolute Gasteiger partial charge is 0.405 e. The molecule has 1 fully saturated rings. The van der Waals surface area contributed by atoms with E-state index < -0.39 is 0 Å². The van der Waals surface area contributed by atoms with Crippen molar-refractivity contribution in [2.24, 2.45) is 16.6 Å². The Bertz CT molecular complexity index is 1070. The van der Waals surface area contributed by atoms with Crippen LogP contribution in [-0.4, -0.2) is 42.2 Å². The van der Waals surface area contributed by atoms with Gasteiger partial charge in [0.05, 0.1) is 34.6 Å². The summed E-state index contributed by atoms with van der Waals surface area (Å²) in [5, 5.41) is 8.04. The summed E-state index contributed by atoms with van der Waals surface area (Å²) in [5.41, 5.74) is 12.5. The summed E-state index contributed by atoms with van der Waals surface area (Å²) in [6.45, 7) is 15.8. The van der Waals surface area contributed by atoms with E-state index in [0.29, 0.717) is 12.5 Å². The van der Waals surface area contributed by atoms with Crippen LogP contribution >= 0.6 is 11.6 Å². The normalized spacial score (nSPS) is 18.2. The van der Waals surface area contributed by atoms with E-state index in [0.717, 1.165) is 58.3 Å². The number of nitrogens with one attached hydrogen (secondary N) is 2. The van der Waals surface area contributed by atoms with Crippen molar-refractivity contribution in [3.63, 3.8) is 0 Å². The molecule has 0 aromatic heterocycles. The van der Waals surface area contributed by atoms with Crippen LogP contribution in [0.2, 0.25) is 0 Å². The van der Waals surface area contributed by atoms with Crippen LogP contribution in [0.25, 0.3) is 5.57 Å². The Morgan fingerprint density at radius 1 is 1.23 bits per heavy atom. The number of hydrogen-bond acceptors (Lipinski definition) is 4. The molecule has 4 N–H and O–H groups in total. The number of rotatable bonds is 11. The van der Waals surface area contributed by atoms with E-state index in [1.165, 1.54) is 31.2 Å². The van der Waals surface area contributed by atoms with E-state index in [2.05, 4.69) is 78.2 Å². The maximum absolute atomic E-state index is 6.53. The highest BCUT2D eigenvalue weighted by Crippen LogP contribution is 2.31. The minimum absolute atomic E-state index is 0.0267. The first kappa shape index (κ1) is 26.6. The molecule has 186 valence electrons. The van der Waals surface area contributed by atoms with Crippen molar-refractivity contribution in [1.29, 1.82) is 0 Å². The monoisotopic (exact) mass is 492 g/mol. The quantitative estimate of drug-likeness (QED) is 0.207. The number of allylic oxidation sites excluding steroid dienone is 2. The van der Waals surface area contributed by atoms with E-state index in [1.807, 2.05) is 0 Å². The molecule has 0 amide bonds. The minimum Gasteiger partial charge on any atom is -0.405 e. The maximum Gasteiger partial charge on any atom is 0.182 e. The molecule has 3 rings (SSSR count). The molecule has 0 bridgehead atoms. The van der Waals surface area contributed by atoms with Gasteiger partial charge in [-0.25, -0.2) is 4.58 Å². The predicted molar refractivity (Wildman–Crippen MR) is 152 cm³/mol. The Labute approximate surface area is 215 Å². The fourth-order valence-electron chi connectivity index (χ4n) is 4.86. The molecule has 1 aliphatic carbocycles. The van der Waals surface area contributed by atoms with Crippen molar-refractivity contribution >= 4 is 34.3 Å². The third-order valence-corrected chi connectivity index (χ3v) is 7.15. The smallest absolute Gasteiger partial charge is 0.182 e. The molecule has 1 aromatic carbocycles. The van der Waals surface area contributed by atoms with Crippen LogP contribution in [0.5, 0.6) is 0 Å². The maximum atomic E-state index is 6.53. The Morgan fingerprint density at radius 2 is 1.91 bits per heavy atom. The fraction of sp³-hybridized carbons (Fsp3) is 0.379. The van der Waals surface area contributed by atoms with Gasteiger partial charge in [0, 0.05) is 18.3 Å². The van der Waals surface area contributed by atoms with Gasteiger partial charge in [-0.1, -0.05) is 62.2 Å². The molecule has 1 aromatic rings. The lowest BCUT2D eigenvalue weighted by atomic mass is 9.82. The van der Waals surface area contributed by atoms with Crippen molar-refractivity contribution in [3.8, 4) is 0 Å². The molecular formula is C29H39ClN5+. The summed E-state index contributed by atoms with van der Waals surface area (Å²) in [7, 11) is 2.06. The molecule has 0 saturated heterocycles. The lowest BCUT2D eigenvalue weighted by Crippen LogP contribution is -2.41. The highest BCUT2D eigenvalue weighted by atomic mass is 35.5. The molecular weight excluding hydrogens is 454 g/mol. The summed E-state index contributed by atoms with van der Waals surface area (Å²) >= 11 is 6.53. The van der Waals surface area contributed by atoms with Crippen molar-refractivity contribution in [2.45, 2.75) is 45.1 Å². The molecule has 1 unspecified atom stereocenters. The zero-order valence-corrected chi connectivity index (χ0v) is 21.9. The summed E-state index contributed by atoms with van der Waals surface area (Å²) < 4.78 is 2.17. The zero-order valence-electron chi connectivity index (χ0n) is 21.1. The molecule has 35 heavy (non-hydrogen) atoms. The second kappa shape index (κ2) is 12.6. The van der Waals surface area contributed by atoms with Gasteiger partial charge >= 0.3 is 0 Å². The van der Waals surface area contributed by atoms with Crippen LogP contribution in [0.3, 0.4) is 0 Å². The first-order valence-corrected chi connectivity index (χ1v) is 12.7. The minimum atomic E-state index is 0.0267. The molecule has 1 atom stereocenters. The van der Waals surface area contributed by atoms with Gasteiger partial charge in [0.15, 0.2) is 12.3 Å². The molecule has 0 spiro atoms. The fourth-order valence-corrected chi connectivity index (χ4v) is 5.29. The summed E-state index contributed by atoms with van der Waals surface area (Å²) in [5.74, 6) is 0.470. The Kier molecular flexibility index (Phi) is 9.55. The first-order chi connectivity index (χ1) is 16.8. The highest BCUT2D eigenvalue weighted by Gasteiger charge is 2.28. The van der Waals surface area contributed by atoms with E-state index in [4.69, 9.17) is 17.3 Å². The number of halogens is 1. The van der Waals surface area contributed by atoms with Crippen molar-refractivity contribution < 1.29 is 4.58 Å². The number of aliphatic imine (C=N–C) groups is 1. The molecule has 5 nitrogen and oxygen atoms in total. The van der Waals surface area contributed by atoms with Gasteiger partial charge < -0.3 is 16.4 Å². The SMILES string of the molecule is C=CCN=C(/C=C\N)C(=C)NC(C(=C)Nc1ccc(C2=C(Cl)C[N+](C)=C2C)cc1)C1CCCCC1. The lowest BCUT2D eigenvalue weighted by Gasteiger charge is -2.34. The number of nitrogens with two attached hydrogens (primary N) is 1. The van der Waals surface area contributed by atoms with Crippen LogP contribution < -0.4 is 16.4 Å². The molecule has 1 saturated carbocycles. The van der Waals surface area contributed by atoms with Crippen molar-refractivity contribution in [3.05, 3.63) is 84.3 Å². The number of anilines is 1. The van der Waals surface area contributed by atoms with Gasteiger partial charge in [0.1, 0.15) is 7.05 Å². The summed E-state index contributed by atoms with van der Waals surface area (Å²) in [4.78, 5) is 4.54. The Hall–Kier alpha value is -3.05. The number of hydrogen-bond donors (Lipinski definition) is 3. The van der Waals surface area contributed by atoms with E-state index >= 15 is 0 Å². The second-order valence-corrected chi connectivity index (χ2v) is 9.78. The first-order valence-electron chi connectivity index (χ1n) is 12.3. The highest BCUT2D eigenvalue weighted by molar-refractivity contribution is 6.40. The molecule has 0 radical (unpaired) electrons. The van der Waals surface area contributed by atoms with E-state index in [9.17, 15) is 0 Å². The van der Waals surface area contributed by atoms with Crippen molar-refractivity contribution in [2.75, 3.05) is 25.5 Å². The number of likely N-dealkylation sites (N-methyl/N-ethyl adjacent to an activating group) is 1. The van der Waals surface area contributed by atoms with Gasteiger partial charge in [0.25, 0.3) is 0 Å². The zero-order chi connectivity index (χ0) is 25.4. The molecule has 1 aliphatic heterocycles. The van der Waals surface area contributed by atoms with Crippen LogP contribution in [0, 0.1) is 5.92 Å². The second-order valence-electron chi connectivity index (χ2n) is 9.32. The standard InChI is InChI=1S/C29H39ClN5/c1-6-18-32-27(16-17-31)20(2)34-29(24-10-8-7-9-11-24)21(3)33-25-14-12-23(13-15-25)28-22(4)35(5)19-26(28)30/h6,12-17,24,29,33-34H,1-3,7-11,18-19,31H2,4-5H3/q+1/b17-16-,32-27?. The average molecular weight is 493 g/mol. The Morgan fingerprint density at radius 3 is 2.49 bits per heavy atom. The Balaban J connectivity index is 1.77. The predicted octanol–water partition coefficient (Wildman–Crippen LogP) is 5.83. The van der Waals surface area contributed by atoms with Gasteiger partial charge in [-0.2, -0.15) is 0 Å². The molecule has 6 heteroatoms. The van der Waals surface area contributed by atoms with Crippen LogP contribution in [-0.2, 0) is 0 Å². The summed E-state index contributed by atoms with van der Waals surface area (Å²) in [6.07, 6.45) is 11.1. The van der Waals surface area contributed by atoms with Crippen LogP contribution in [0.15, 0.2) is 83.8 Å². The molecule has 2 aliphatic rings. The van der Waals surface area contributed by atoms with Gasteiger partial charge in [-0.3, -0.25) is 4.99 Å². The van der Waals surface area contributed by atoms with Crippen LogP contribution in [0.4, 0.5) is 5.69 Å². The van der Waals surface area contributed by atoms with Gasteiger partial charge in [-0.15, -0.1) is 6.58 Å². The average Bonchev–Trinajstić information content (AvgIpc) is 3.11. The number of nitrogens with zero attached hydrogens (tertiary/aromatic N) is 2. The topological polar surface area (TPSA) is 65.5 Å². The number of benzene rings is 1. The van der Waals surface area contributed by atoms with E-state index in [-0.39, 0.29) is 6.04 Å². The van der Waals surface area contributed by atoms with Gasteiger partial charge in [0.2, 0.25) is 0 Å². The van der Waals surface area contributed by atoms with Crippen molar-refractivity contribution in [1.82, 2.24) is 5.32 Å².